The number of fused-ring (bicyclic) bond motifs is 1. The Hall–Kier alpha value is -1.02. The molecule has 2 heteroatoms. The van der Waals surface area contributed by atoms with Crippen LogP contribution in [0.1, 0.15) is 30.9 Å². The van der Waals surface area contributed by atoms with Crippen LogP contribution in [0.5, 0.6) is 5.75 Å². The summed E-state index contributed by atoms with van der Waals surface area (Å²) in [6.07, 6.45) is 1.14. The van der Waals surface area contributed by atoms with Gasteiger partial charge >= 0.3 is 0 Å². The maximum absolute atomic E-state index is 6.05. The molecule has 0 amide bonds. The summed E-state index contributed by atoms with van der Waals surface area (Å²) in [5.41, 5.74) is 8.88. The largest absolute Gasteiger partial charge is 0.497 e. The van der Waals surface area contributed by atoms with E-state index < -0.39 is 0 Å². The molecule has 1 aromatic carbocycles. The minimum atomic E-state index is 0.216. The zero-order valence-electron chi connectivity index (χ0n) is 9.66. The van der Waals surface area contributed by atoms with Gasteiger partial charge in [0.15, 0.2) is 0 Å². The third kappa shape index (κ3) is 1.74. The van der Waals surface area contributed by atoms with Crippen molar-refractivity contribution < 1.29 is 4.74 Å². The molecule has 82 valence electrons. The Morgan fingerprint density at radius 2 is 2.20 bits per heavy atom. The first kappa shape index (κ1) is 10.5. The maximum Gasteiger partial charge on any atom is 0.119 e. The average molecular weight is 205 g/mol. The summed E-state index contributed by atoms with van der Waals surface area (Å²) < 4.78 is 5.26. The molecule has 0 radical (unpaired) electrons. The lowest BCUT2D eigenvalue weighted by atomic mass is 9.88. The van der Waals surface area contributed by atoms with E-state index in [-0.39, 0.29) is 6.04 Å². The Balaban J connectivity index is 2.41. The van der Waals surface area contributed by atoms with Gasteiger partial charge < -0.3 is 10.5 Å². The molecular formula is C13H19NO. The van der Waals surface area contributed by atoms with Crippen LogP contribution in [0.4, 0.5) is 0 Å². The Morgan fingerprint density at radius 3 is 2.80 bits per heavy atom. The smallest absolute Gasteiger partial charge is 0.119 e. The van der Waals surface area contributed by atoms with Gasteiger partial charge in [-0.1, -0.05) is 13.0 Å². The van der Waals surface area contributed by atoms with Gasteiger partial charge in [-0.05, 0) is 42.5 Å². The Bertz CT molecular complexity index is 360. The van der Waals surface area contributed by atoms with Gasteiger partial charge in [0.2, 0.25) is 0 Å². The quantitative estimate of drug-likeness (QED) is 0.804. The van der Waals surface area contributed by atoms with Crippen LogP contribution in [-0.4, -0.2) is 13.2 Å². The van der Waals surface area contributed by atoms with Crippen molar-refractivity contribution in [1.82, 2.24) is 0 Å². The van der Waals surface area contributed by atoms with E-state index in [0.717, 1.165) is 12.2 Å². The SMILES string of the molecule is COc1ccc2c(c1)C(C(C)N)C(C)C2. The number of hydrogen-bond donors (Lipinski definition) is 1. The predicted molar refractivity (Wildman–Crippen MR) is 62.3 cm³/mol. The monoisotopic (exact) mass is 205 g/mol. The summed E-state index contributed by atoms with van der Waals surface area (Å²) in [5, 5.41) is 0. The first-order chi connectivity index (χ1) is 7.13. The zero-order chi connectivity index (χ0) is 11.0. The molecule has 0 aliphatic heterocycles. The molecule has 1 aliphatic carbocycles. The summed E-state index contributed by atoms with van der Waals surface area (Å²) in [5.74, 6) is 2.07. The Labute approximate surface area is 91.4 Å². The number of methoxy groups -OCH3 is 1. The van der Waals surface area contributed by atoms with Crippen LogP contribution >= 0.6 is 0 Å². The van der Waals surface area contributed by atoms with Crippen molar-refractivity contribution in [3.63, 3.8) is 0 Å². The molecule has 2 N–H and O–H groups in total. The Morgan fingerprint density at radius 1 is 1.47 bits per heavy atom. The summed E-state index contributed by atoms with van der Waals surface area (Å²) in [6, 6.07) is 6.57. The first-order valence-electron chi connectivity index (χ1n) is 5.56. The van der Waals surface area contributed by atoms with Crippen molar-refractivity contribution >= 4 is 0 Å². The number of benzene rings is 1. The first-order valence-corrected chi connectivity index (χ1v) is 5.56. The Kier molecular flexibility index (Phi) is 2.70. The molecule has 3 unspecified atom stereocenters. The van der Waals surface area contributed by atoms with Crippen LogP contribution in [0.2, 0.25) is 0 Å². The fourth-order valence-electron chi connectivity index (χ4n) is 2.78. The van der Waals surface area contributed by atoms with Gasteiger partial charge in [-0.3, -0.25) is 0 Å². The van der Waals surface area contributed by atoms with Gasteiger partial charge in [0, 0.05) is 12.0 Å². The fraction of sp³-hybridized carbons (Fsp3) is 0.538. The molecular weight excluding hydrogens is 186 g/mol. The molecule has 0 saturated carbocycles. The third-order valence-corrected chi connectivity index (χ3v) is 3.43. The van der Waals surface area contributed by atoms with E-state index in [4.69, 9.17) is 10.5 Å². The van der Waals surface area contributed by atoms with Crippen molar-refractivity contribution in [2.24, 2.45) is 11.7 Å². The van der Waals surface area contributed by atoms with E-state index in [1.165, 1.54) is 11.1 Å². The third-order valence-electron chi connectivity index (χ3n) is 3.43. The second-order valence-corrected chi connectivity index (χ2v) is 4.63. The van der Waals surface area contributed by atoms with Gasteiger partial charge in [0.1, 0.15) is 5.75 Å². The van der Waals surface area contributed by atoms with Crippen LogP contribution in [0.25, 0.3) is 0 Å². The van der Waals surface area contributed by atoms with Crippen molar-refractivity contribution in [3.8, 4) is 5.75 Å². The van der Waals surface area contributed by atoms with Crippen LogP contribution < -0.4 is 10.5 Å². The summed E-state index contributed by atoms with van der Waals surface area (Å²) >= 11 is 0. The van der Waals surface area contributed by atoms with Gasteiger partial charge in [-0.15, -0.1) is 0 Å². The van der Waals surface area contributed by atoms with Gasteiger partial charge in [0.25, 0.3) is 0 Å². The van der Waals surface area contributed by atoms with Crippen LogP contribution in [0.15, 0.2) is 18.2 Å². The van der Waals surface area contributed by atoms with Crippen molar-refractivity contribution in [2.75, 3.05) is 7.11 Å². The fourth-order valence-corrected chi connectivity index (χ4v) is 2.78. The molecule has 15 heavy (non-hydrogen) atoms. The minimum absolute atomic E-state index is 0.216. The van der Waals surface area contributed by atoms with Crippen LogP contribution in [0.3, 0.4) is 0 Å². The average Bonchev–Trinajstić information content (AvgIpc) is 2.52. The minimum Gasteiger partial charge on any atom is -0.497 e. The molecule has 0 fully saturated rings. The van der Waals surface area contributed by atoms with Crippen molar-refractivity contribution in [3.05, 3.63) is 29.3 Å². The van der Waals surface area contributed by atoms with Crippen LogP contribution in [-0.2, 0) is 6.42 Å². The molecule has 2 nitrogen and oxygen atoms in total. The molecule has 3 atom stereocenters. The lowest BCUT2D eigenvalue weighted by Gasteiger charge is -2.21. The van der Waals surface area contributed by atoms with Gasteiger partial charge in [-0.25, -0.2) is 0 Å². The molecule has 1 aliphatic rings. The summed E-state index contributed by atoms with van der Waals surface area (Å²) in [7, 11) is 1.71. The predicted octanol–water partition coefficient (Wildman–Crippen LogP) is 2.32. The van der Waals surface area contributed by atoms with E-state index in [9.17, 15) is 0 Å². The normalized spacial score (nSPS) is 26.1. The second kappa shape index (κ2) is 3.86. The molecule has 1 aromatic rings. The topological polar surface area (TPSA) is 35.2 Å². The maximum atomic E-state index is 6.05. The van der Waals surface area contributed by atoms with E-state index in [1.807, 2.05) is 6.07 Å². The van der Waals surface area contributed by atoms with Crippen LogP contribution in [0, 0.1) is 5.92 Å². The molecule has 0 heterocycles. The molecule has 0 bridgehead atoms. The number of hydrogen-bond acceptors (Lipinski definition) is 2. The standard InChI is InChI=1S/C13H19NO/c1-8-6-10-4-5-11(15-3)7-12(10)13(8)9(2)14/h4-5,7-9,13H,6,14H2,1-3H3. The van der Waals surface area contributed by atoms with Crippen molar-refractivity contribution in [1.29, 1.82) is 0 Å². The highest BCUT2D eigenvalue weighted by Gasteiger charge is 2.31. The van der Waals surface area contributed by atoms with E-state index in [0.29, 0.717) is 11.8 Å². The molecule has 2 rings (SSSR count). The van der Waals surface area contributed by atoms with E-state index in [2.05, 4.69) is 26.0 Å². The van der Waals surface area contributed by atoms with E-state index >= 15 is 0 Å². The van der Waals surface area contributed by atoms with Gasteiger partial charge in [0.05, 0.1) is 7.11 Å². The highest BCUT2D eigenvalue weighted by molar-refractivity contribution is 5.42. The number of rotatable bonds is 2. The zero-order valence-corrected chi connectivity index (χ0v) is 9.66. The summed E-state index contributed by atoms with van der Waals surface area (Å²) in [6.45, 7) is 4.37. The lowest BCUT2D eigenvalue weighted by Crippen LogP contribution is -2.27. The highest BCUT2D eigenvalue weighted by atomic mass is 16.5. The van der Waals surface area contributed by atoms with Gasteiger partial charge in [-0.2, -0.15) is 0 Å². The summed E-state index contributed by atoms with van der Waals surface area (Å²) in [4.78, 5) is 0. The molecule has 0 spiro atoms. The molecule has 0 aromatic heterocycles. The molecule has 0 saturated heterocycles. The second-order valence-electron chi connectivity index (χ2n) is 4.63. The number of nitrogens with two attached hydrogens (primary N) is 1. The van der Waals surface area contributed by atoms with Crippen molar-refractivity contribution in [2.45, 2.75) is 32.2 Å². The highest BCUT2D eigenvalue weighted by Crippen LogP contribution is 2.40. The lowest BCUT2D eigenvalue weighted by molar-refractivity contribution is 0.411. The number of ether oxygens (including phenoxy) is 1. The van der Waals surface area contributed by atoms with E-state index in [1.54, 1.807) is 7.11 Å².